The molecule has 0 aromatic rings. The van der Waals surface area contributed by atoms with E-state index < -0.39 is 0 Å². The van der Waals surface area contributed by atoms with Gasteiger partial charge in [-0.3, -0.25) is 4.79 Å². The van der Waals surface area contributed by atoms with Gasteiger partial charge in [0, 0.05) is 0 Å². The summed E-state index contributed by atoms with van der Waals surface area (Å²) in [7, 11) is 0. The van der Waals surface area contributed by atoms with Gasteiger partial charge in [0.05, 0.1) is 12.2 Å². The van der Waals surface area contributed by atoms with Gasteiger partial charge in [0.25, 0.3) is 0 Å². The van der Waals surface area contributed by atoms with Crippen LogP contribution in [0.5, 0.6) is 0 Å². The Morgan fingerprint density at radius 1 is 1.50 bits per heavy atom. The maximum Gasteiger partial charge on any atom is 0.228 e. The van der Waals surface area contributed by atoms with Crippen molar-refractivity contribution in [3.05, 3.63) is 12.2 Å². The third-order valence-electron chi connectivity index (χ3n) is 2.79. The summed E-state index contributed by atoms with van der Waals surface area (Å²) < 4.78 is 5.40. The van der Waals surface area contributed by atoms with Crippen molar-refractivity contribution in [2.24, 2.45) is 5.92 Å². The van der Waals surface area contributed by atoms with Crippen LogP contribution >= 0.6 is 0 Å². The fourth-order valence-corrected chi connectivity index (χ4v) is 2.06. The summed E-state index contributed by atoms with van der Waals surface area (Å²) in [6, 6.07) is 0. The first kappa shape index (κ1) is 7.99. The van der Waals surface area contributed by atoms with Crippen LogP contribution in [-0.4, -0.2) is 18.5 Å². The zero-order chi connectivity index (χ0) is 8.55. The number of ether oxygens (including phenoxy) is 1. The quantitative estimate of drug-likeness (QED) is 0.469. The lowest BCUT2D eigenvalue weighted by Crippen LogP contribution is -2.13. The highest BCUT2D eigenvalue weighted by Crippen LogP contribution is 2.41. The Balaban J connectivity index is 1.80. The zero-order valence-corrected chi connectivity index (χ0v) is 7.08. The number of fused-ring (bicyclic) bond motifs is 1. The Bertz CT molecular complexity index is 210. The van der Waals surface area contributed by atoms with Crippen molar-refractivity contribution in [1.29, 1.82) is 0 Å². The summed E-state index contributed by atoms with van der Waals surface area (Å²) >= 11 is 0. The van der Waals surface area contributed by atoms with Gasteiger partial charge in [-0.2, -0.15) is 0 Å². The van der Waals surface area contributed by atoms with Gasteiger partial charge in [-0.05, 0) is 37.2 Å². The van der Waals surface area contributed by atoms with E-state index in [2.05, 4.69) is 6.58 Å². The van der Waals surface area contributed by atoms with Crippen LogP contribution < -0.4 is 0 Å². The maximum atomic E-state index is 10.2. The second-order valence-electron chi connectivity index (χ2n) is 3.80. The highest BCUT2D eigenvalue weighted by atomic mass is 16.6. The van der Waals surface area contributed by atoms with E-state index in [-0.39, 0.29) is 0 Å². The number of epoxide rings is 1. The molecule has 0 aromatic carbocycles. The van der Waals surface area contributed by atoms with Crippen LogP contribution in [0.1, 0.15) is 25.7 Å². The van der Waals surface area contributed by atoms with Gasteiger partial charge in [-0.1, -0.05) is 6.58 Å². The number of rotatable bonds is 3. The molecule has 0 bridgehead atoms. The summed E-state index contributed by atoms with van der Waals surface area (Å²) in [5.41, 5.74) is 0.610. The highest BCUT2D eigenvalue weighted by molar-refractivity contribution is 5.72. The molecule has 3 unspecified atom stereocenters. The molecule has 0 amide bonds. The molecule has 1 heterocycles. The van der Waals surface area contributed by atoms with E-state index in [1.54, 1.807) is 0 Å². The monoisotopic (exact) mass is 165 g/mol. The minimum atomic E-state index is 0.503. The second kappa shape index (κ2) is 3.02. The number of hydrogen-bond donors (Lipinski definition) is 0. The molecule has 3 atom stereocenters. The predicted octanol–water partition coefficient (Wildman–Crippen LogP) is 1.61. The van der Waals surface area contributed by atoms with Crippen LogP contribution in [0.2, 0.25) is 0 Å². The summed E-state index contributed by atoms with van der Waals surface area (Å²) in [4.78, 5) is 10.2. The molecule has 2 heteroatoms. The van der Waals surface area contributed by atoms with E-state index in [1.165, 1.54) is 12.8 Å². The average Bonchev–Trinajstić information content (AvgIpc) is 2.82. The third kappa shape index (κ3) is 1.58. The molecule has 1 aliphatic carbocycles. The number of allylic oxidation sites excluding steroid dienone is 1. The molecule has 1 radical (unpaired) electrons. The maximum absolute atomic E-state index is 10.2. The van der Waals surface area contributed by atoms with Crippen molar-refractivity contribution < 1.29 is 9.53 Å². The van der Waals surface area contributed by atoms with Gasteiger partial charge in [-0.15, -0.1) is 0 Å². The zero-order valence-electron chi connectivity index (χ0n) is 7.08. The topological polar surface area (TPSA) is 29.6 Å². The Morgan fingerprint density at radius 2 is 2.33 bits per heavy atom. The molecule has 0 aromatic heterocycles. The van der Waals surface area contributed by atoms with Crippen molar-refractivity contribution >= 4 is 6.29 Å². The molecule has 1 aliphatic heterocycles. The van der Waals surface area contributed by atoms with Gasteiger partial charge in [0.1, 0.15) is 0 Å². The molecule has 0 N–H and O–H groups in total. The summed E-state index contributed by atoms with van der Waals surface area (Å²) in [6.45, 7) is 3.64. The van der Waals surface area contributed by atoms with Gasteiger partial charge in [-0.25, -0.2) is 0 Å². The second-order valence-corrected chi connectivity index (χ2v) is 3.80. The van der Waals surface area contributed by atoms with Gasteiger partial charge in [0.2, 0.25) is 6.29 Å². The smallest absolute Gasteiger partial charge is 0.228 e. The predicted molar refractivity (Wildman–Crippen MR) is 45.5 cm³/mol. The molecule has 1 saturated heterocycles. The van der Waals surface area contributed by atoms with Crippen LogP contribution in [-0.2, 0) is 9.53 Å². The molecule has 1 saturated carbocycles. The Kier molecular flexibility index (Phi) is 2.01. The van der Waals surface area contributed by atoms with E-state index in [1.807, 2.05) is 6.29 Å². The summed E-state index contributed by atoms with van der Waals surface area (Å²) in [6.07, 6.45) is 7.19. The molecule has 2 rings (SSSR count). The van der Waals surface area contributed by atoms with Crippen molar-refractivity contribution in [2.75, 3.05) is 0 Å². The Hall–Kier alpha value is -0.630. The molecular weight excluding hydrogens is 152 g/mol. The Morgan fingerprint density at radius 3 is 3.00 bits per heavy atom. The molecule has 2 aliphatic rings. The largest absolute Gasteiger partial charge is 0.370 e. The van der Waals surface area contributed by atoms with Crippen LogP contribution in [0.4, 0.5) is 0 Å². The lowest BCUT2D eigenvalue weighted by Gasteiger charge is -2.17. The van der Waals surface area contributed by atoms with Gasteiger partial charge >= 0.3 is 0 Å². The molecule has 12 heavy (non-hydrogen) atoms. The summed E-state index contributed by atoms with van der Waals surface area (Å²) in [5.74, 6) is 0.614. The molecule has 2 nitrogen and oxygen atoms in total. The molecular formula is C10H13O2. The van der Waals surface area contributed by atoms with Crippen molar-refractivity contribution in [3.63, 3.8) is 0 Å². The molecule has 0 spiro atoms. The van der Waals surface area contributed by atoms with Gasteiger partial charge in [0.15, 0.2) is 0 Å². The lowest BCUT2D eigenvalue weighted by atomic mass is 9.85. The first-order chi connectivity index (χ1) is 5.79. The first-order valence-electron chi connectivity index (χ1n) is 4.51. The fourth-order valence-electron chi connectivity index (χ4n) is 2.06. The molecule has 65 valence electrons. The number of carbonyl (C=O) groups excluding carboxylic acids is 1. The lowest BCUT2D eigenvalue weighted by molar-refractivity contribution is 0.361. The Labute approximate surface area is 72.6 Å². The van der Waals surface area contributed by atoms with Gasteiger partial charge < -0.3 is 4.74 Å². The minimum absolute atomic E-state index is 0.503. The normalized spacial score (nSPS) is 38.5. The van der Waals surface area contributed by atoms with E-state index in [0.29, 0.717) is 23.7 Å². The third-order valence-corrected chi connectivity index (χ3v) is 2.79. The summed E-state index contributed by atoms with van der Waals surface area (Å²) in [5, 5.41) is 0. The van der Waals surface area contributed by atoms with Crippen LogP contribution in [0.15, 0.2) is 12.2 Å². The van der Waals surface area contributed by atoms with E-state index in [0.717, 1.165) is 12.8 Å². The van der Waals surface area contributed by atoms with Crippen molar-refractivity contribution in [2.45, 2.75) is 37.9 Å². The van der Waals surface area contributed by atoms with E-state index in [9.17, 15) is 4.79 Å². The standard InChI is InChI=1S/C10H13O2/c1-7(6-11)4-8-2-3-9-10(5-8)12-9/h8-10H,1-5H2. The SMILES string of the molecule is C=C([C]=O)CC1CCC2OC2C1. The minimum Gasteiger partial charge on any atom is -0.370 e. The number of hydrogen-bond acceptors (Lipinski definition) is 2. The fraction of sp³-hybridized carbons (Fsp3) is 0.700. The van der Waals surface area contributed by atoms with Crippen LogP contribution in [0.3, 0.4) is 0 Å². The first-order valence-corrected chi connectivity index (χ1v) is 4.51. The molecule has 2 fully saturated rings. The van der Waals surface area contributed by atoms with Crippen molar-refractivity contribution in [1.82, 2.24) is 0 Å². The van der Waals surface area contributed by atoms with E-state index in [4.69, 9.17) is 4.74 Å². The van der Waals surface area contributed by atoms with Crippen LogP contribution in [0.25, 0.3) is 0 Å². The van der Waals surface area contributed by atoms with E-state index >= 15 is 0 Å². The highest BCUT2D eigenvalue weighted by Gasteiger charge is 2.43. The average molecular weight is 165 g/mol. The van der Waals surface area contributed by atoms with Crippen LogP contribution in [0, 0.1) is 5.92 Å². The van der Waals surface area contributed by atoms with Crippen molar-refractivity contribution in [3.8, 4) is 0 Å².